The average molecular weight is 741 g/mol. The van der Waals surface area contributed by atoms with Crippen molar-refractivity contribution in [2.45, 2.75) is 19.3 Å². The Bertz CT molecular complexity index is 3170. The van der Waals surface area contributed by atoms with E-state index in [4.69, 9.17) is 4.98 Å². The maximum Gasteiger partial charge on any atom is 0.0786 e. The second-order valence-electron chi connectivity index (χ2n) is 15.9. The topological polar surface area (TPSA) is 16.1 Å². The summed E-state index contributed by atoms with van der Waals surface area (Å²) in [5.41, 5.74) is 16.9. The van der Waals surface area contributed by atoms with Gasteiger partial charge in [0.05, 0.1) is 5.52 Å². The molecule has 1 aliphatic rings. The SMILES string of the molecule is CC1(C)c2ccccc2-c2ccc(N(c3ccccc3)c3ccc(-c4ccc5c(-c6ccccc6)c6c(ccc7cccnc76)c(-c6ccccc6)c5c4)cc3)cc21. The van der Waals surface area contributed by atoms with Crippen molar-refractivity contribution in [2.75, 3.05) is 4.90 Å². The van der Waals surface area contributed by atoms with Crippen LogP contribution in [0.3, 0.4) is 0 Å². The number of benzene rings is 9. The van der Waals surface area contributed by atoms with Gasteiger partial charge in [0.25, 0.3) is 0 Å². The maximum atomic E-state index is 5.00. The van der Waals surface area contributed by atoms with Crippen LogP contribution in [0.2, 0.25) is 0 Å². The van der Waals surface area contributed by atoms with Crippen LogP contribution < -0.4 is 4.90 Å². The van der Waals surface area contributed by atoms with E-state index < -0.39 is 0 Å². The largest absolute Gasteiger partial charge is 0.310 e. The summed E-state index contributed by atoms with van der Waals surface area (Å²) in [4.78, 5) is 7.38. The van der Waals surface area contributed by atoms with Crippen molar-refractivity contribution in [3.63, 3.8) is 0 Å². The minimum absolute atomic E-state index is 0.0852. The highest BCUT2D eigenvalue weighted by Gasteiger charge is 2.35. The summed E-state index contributed by atoms with van der Waals surface area (Å²) in [6, 6.07) is 73.0. The van der Waals surface area contributed by atoms with E-state index in [0.29, 0.717) is 0 Å². The van der Waals surface area contributed by atoms with E-state index in [1.807, 2.05) is 12.3 Å². The van der Waals surface area contributed by atoms with E-state index in [-0.39, 0.29) is 5.41 Å². The molecule has 0 amide bonds. The Morgan fingerprint density at radius 3 is 1.76 bits per heavy atom. The molecule has 0 saturated heterocycles. The van der Waals surface area contributed by atoms with Crippen LogP contribution in [0.25, 0.3) is 77.0 Å². The first-order chi connectivity index (χ1) is 28.5. The number of hydrogen-bond donors (Lipinski definition) is 0. The molecule has 9 aromatic carbocycles. The van der Waals surface area contributed by atoms with Gasteiger partial charge in [-0.05, 0) is 120 Å². The van der Waals surface area contributed by atoms with E-state index in [1.165, 1.54) is 77.2 Å². The molecular weight excluding hydrogens is 701 g/mol. The lowest BCUT2D eigenvalue weighted by molar-refractivity contribution is 0.660. The Labute approximate surface area is 339 Å². The number of rotatable bonds is 6. The number of para-hydroxylation sites is 1. The van der Waals surface area contributed by atoms with Crippen LogP contribution in [0.5, 0.6) is 0 Å². The fourth-order valence-electron chi connectivity index (χ4n) is 9.51. The van der Waals surface area contributed by atoms with Gasteiger partial charge >= 0.3 is 0 Å². The first-order valence-corrected chi connectivity index (χ1v) is 20.1. The summed E-state index contributed by atoms with van der Waals surface area (Å²) >= 11 is 0. The Kier molecular flexibility index (Phi) is 7.87. The van der Waals surface area contributed by atoms with Gasteiger partial charge in [-0.25, -0.2) is 0 Å². The predicted octanol–water partition coefficient (Wildman–Crippen LogP) is 15.3. The summed E-state index contributed by atoms with van der Waals surface area (Å²) in [5.74, 6) is 0. The number of nitrogens with zero attached hydrogens (tertiary/aromatic N) is 2. The summed E-state index contributed by atoms with van der Waals surface area (Å²) < 4.78 is 0. The van der Waals surface area contributed by atoms with E-state index in [0.717, 1.165) is 28.0 Å². The zero-order chi connectivity index (χ0) is 38.8. The molecule has 58 heavy (non-hydrogen) atoms. The van der Waals surface area contributed by atoms with Gasteiger partial charge in [-0.3, -0.25) is 4.98 Å². The van der Waals surface area contributed by atoms with Crippen molar-refractivity contribution in [1.29, 1.82) is 0 Å². The van der Waals surface area contributed by atoms with E-state index >= 15 is 0 Å². The number of anilines is 3. The lowest BCUT2D eigenvalue weighted by atomic mass is 9.82. The number of pyridine rings is 1. The second-order valence-corrected chi connectivity index (χ2v) is 15.9. The van der Waals surface area contributed by atoms with Crippen molar-refractivity contribution in [3.05, 3.63) is 218 Å². The predicted molar refractivity (Wildman–Crippen MR) is 245 cm³/mol. The van der Waals surface area contributed by atoms with Gasteiger partial charge in [0.15, 0.2) is 0 Å². The van der Waals surface area contributed by atoms with Crippen molar-refractivity contribution in [3.8, 4) is 44.5 Å². The Morgan fingerprint density at radius 1 is 0.397 bits per heavy atom. The normalized spacial score (nSPS) is 12.8. The summed E-state index contributed by atoms with van der Waals surface area (Å²) in [6.07, 6.45) is 1.92. The molecular formula is C56H40N2. The second kappa shape index (κ2) is 13.4. The fraction of sp³-hybridized carbons (Fsp3) is 0.0536. The van der Waals surface area contributed by atoms with Crippen molar-refractivity contribution < 1.29 is 0 Å². The average Bonchev–Trinajstić information content (AvgIpc) is 3.51. The Hall–Kier alpha value is -7.29. The van der Waals surface area contributed by atoms with Crippen LogP contribution in [0.1, 0.15) is 25.0 Å². The number of fused-ring (bicyclic) bond motifs is 7. The van der Waals surface area contributed by atoms with Gasteiger partial charge in [-0.15, -0.1) is 0 Å². The zero-order valence-corrected chi connectivity index (χ0v) is 32.5. The Morgan fingerprint density at radius 2 is 1.00 bits per heavy atom. The third kappa shape index (κ3) is 5.37. The molecule has 1 aromatic heterocycles. The Balaban J connectivity index is 1.08. The minimum Gasteiger partial charge on any atom is -0.310 e. The summed E-state index contributed by atoms with van der Waals surface area (Å²) in [5, 5.41) is 5.97. The van der Waals surface area contributed by atoms with Crippen molar-refractivity contribution >= 4 is 49.5 Å². The molecule has 0 atom stereocenters. The van der Waals surface area contributed by atoms with Gasteiger partial charge in [-0.2, -0.15) is 0 Å². The van der Waals surface area contributed by atoms with Crippen molar-refractivity contribution in [2.24, 2.45) is 0 Å². The van der Waals surface area contributed by atoms with E-state index in [1.54, 1.807) is 0 Å². The smallest absolute Gasteiger partial charge is 0.0786 e. The van der Waals surface area contributed by atoms with E-state index in [9.17, 15) is 0 Å². The molecule has 0 unspecified atom stereocenters. The monoisotopic (exact) mass is 740 g/mol. The number of hydrogen-bond acceptors (Lipinski definition) is 2. The molecule has 0 spiro atoms. The van der Waals surface area contributed by atoms with Gasteiger partial charge in [0.2, 0.25) is 0 Å². The molecule has 2 nitrogen and oxygen atoms in total. The number of aromatic nitrogens is 1. The minimum atomic E-state index is -0.0852. The first kappa shape index (κ1) is 34.0. The molecule has 274 valence electrons. The van der Waals surface area contributed by atoms with Gasteiger partial charge < -0.3 is 4.90 Å². The van der Waals surface area contributed by atoms with Crippen molar-refractivity contribution in [1.82, 2.24) is 4.98 Å². The van der Waals surface area contributed by atoms with Crippen LogP contribution in [0.15, 0.2) is 206 Å². The lowest BCUT2D eigenvalue weighted by Crippen LogP contribution is -2.16. The van der Waals surface area contributed by atoms with Gasteiger partial charge in [0.1, 0.15) is 0 Å². The van der Waals surface area contributed by atoms with Crippen LogP contribution in [0, 0.1) is 0 Å². The standard InChI is InChI=1S/C56H40N2/c1-56(2)50-23-13-12-22-45(50)46-33-30-44(36-51(46)56)58(42-20-10-5-11-21-42)43-28-24-37(25-29-43)41-27-31-47-49(35-41)52(38-15-6-3-7-16-38)48-32-26-40-19-14-34-57-55(40)54(48)53(47)39-17-8-4-9-18-39/h3-36H,1-2H3. The molecule has 11 rings (SSSR count). The van der Waals surface area contributed by atoms with Crippen LogP contribution in [-0.4, -0.2) is 4.98 Å². The molecule has 0 radical (unpaired) electrons. The highest BCUT2D eigenvalue weighted by Crippen LogP contribution is 2.51. The van der Waals surface area contributed by atoms with E-state index in [2.05, 4.69) is 213 Å². The highest BCUT2D eigenvalue weighted by molar-refractivity contribution is 6.27. The molecule has 0 saturated carbocycles. The van der Waals surface area contributed by atoms with Crippen LogP contribution in [0.4, 0.5) is 17.1 Å². The quantitative estimate of drug-likeness (QED) is 0.125. The first-order valence-electron chi connectivity index (χ1n) is 20.1. The van der Waals surface area contributed by atoms with Crippen LogP contribution >= 0.6 is 0 Å². The van der Waals surface area contributed by atoms with Gasteiger partial charge in [-0.1, -0.05) is 166 Å². The molecule has 2 heteroatoms. The summed E-state index contributed by atoms with van der Waals surface area (Å²) in [6.45, 7) is 4.70. The molecule has 0 bridgehead atoms. The molecule has 10 aromatic rings. The molecule has 0 aliphatic heterocycles. The zero-order valence-electron chi connectivity index (χ0n) is 32.5. The molecule has 1 aliphatic carbocycles. The fourth-order valence-corrected chi connectivity index (χ4v) is 9.51. The summed E-state index contributed by atoms with van der Waals surface area (Å²) in [7, 11) is 0. The third-order valence-corrected chi connectivity index (χ3v) is 12.3. The molecule has 0 fully saturated rings. The maximum absolute atomic E-state index is 5.00. The molecule has 1 heterocycles. The molecule has 0 N–H and O–H groups in total. The third-order valence-electron chi connectivity index (χ3n) is 12.3. The lowest BCUT2D eigenvalue weighted by Gasteiger charge is -2.28. The van der Waals surface area contributed by atoms with Gasteiger partial charge in [0, 0.05) is 39.4 Å². The van der Waals surface area contributed by atoms with Crippen LogP contribution in [-0.2, 0) is 5.41 Å². The highest BCUT2D eigenvalue weighted by atomic mass is 15.1.